The van der Waals surface area contributed by atoms with Crippen molar-refractivity contribution in [3.05, 3.63) is 40.7 Å². The second-order valence-electron chi connectivity index (χ2n) is 3.00. The third-order valence-electron chi connectivity index (χ3n) is 1.98. The largest absolute Gasteiger partial charge is 0.297 e. The minimum atomic E-state index is -2.75. The van der Waals surface area contributed by atoms with E-state index < -0.39 is 18.1 Å². The monoisotopic (exact) mass is 245 g/mol. The van der Waals surface area contributed by atoms with Gasteiger partial charge in [0.2, 0.25) is 5.82 Å². The molecule has 0 aliphatic heterocycles. The fourth-order valence-electron chi connectivity index (χ4n) is 1.30. The predicted octanol–water partition coefficient (Wildman–Crippen LogP) is 3.01. The molecule has 0 bridgehead atoms. The molecule has 0 unspecified atom stereocenters. The van der Waals surface area contributed by atoms with E-state index in [9.17, 15) is 13.2 Å². The fraction of sp³-hybridized carbons (Fsp3) is 0.111. The molecule has 1 aromatic heterocycles. The molecule has 0 atom stereocenters. The smallest absolute Gasteiger partial charge is 0.267 e. The van der Waals surface area contributed by atoms with E-state index in [1.807, 2.05) is 0 Å². The molecule has 0 amide bonds. The lowest BCUT2D eigenvalue weighted by molar-refractivity contribution is 0.138. The van der Waals surface area contributed by atoms with Crippen molar-refractivity contribution in [2.75, 3.05) is 0 Å². The number of H-pyrrole nitrogens is 1. The van der Waals surface area contributed by atoms with Gasteiger partial charge >= 0.3 is 0 Å². The Morgan fingerprint density at radius 1 is 1.25 bits per heavy atom. The molecule has 1 heterocycles. The molecule has 84 valence electrons. The number of aromatic nitrogens is 3. The highest BCUT2D eigenvalue weighted by molar-refractivity contribution is 7.71. The quantitative estimate of drug-likeness (QED) is 0.825. The summed E-state index contributed by atoms with van der Waals surface area (Å²) in [6.07, 6.45) is -2.75. The van der Waals surface area contributed by atoms with Gasteiger partial charge in [-0.25, -0.2) is 13.2 Å². The van der Waals surface area contributed by atoms with Gasteiger partial charge in [0.15, 0.2) is 4.77 Å². The maximum absolute atomic E-state index is 12.7. The highest BCUT2D eigenvalue weighted by Crippen LogP contribution is 2.20. The second kappa shape index (κ2) is 4.09. The summed E-state index contributed by atoms with van der Waals surface area (Å²) in [6, 6.07) is 5.04. The van der Waals surface area contributed by atoms with Crippen molar-refractivity contribution >= 4 is 12.2 Å². The van der Waals surface area contributed by atoms with Gasteiger partial charge in [-0.2, -0.15) is 5.10 Å². The first kappa shape index (κ1) is 10.9. The van der Waals surface area contributed by atoms with Crippen LogP contribution in [-0.2, 0) is 0 Å². The Labute approximate surface area is 93.5 Å². The van der Waals surface area contributed by atoms with E-state index >= 15 is 0 Å². The first-order valence-corrected chi connectivity index (χ1v) is 4.72. The number of nitrogens with one attached hydrogen (secondary N) is 1. The molecule has 0 saturated carbocycles. The lowest BCUT2D eigenvalue weighted by Crippen LogP contribution is -2.01. The van der Waals surface area contributed by atoms with Crippen LogP contribution >= 0.6 is 12.2 Å². The Balaban J connectivity index is 2.59. The summed E-state index contributed by atoms with van der Waals surface area (Å²) in [5, 5.41) is 5.69. The van der Waals surface area contributed by atoms with Gasteiger partial charge in [-0.15, -0.1) is 0 Å². The Kier molecular flexibility index (Phi) is 2.78. The summed E-state index contributed by atoms with van der Waals surface area (Å²) >= 11 is 4.82. The van der Waals surface area contributed by atoms with Gasteiger partial charge in [0.25, 0.3) is 6.43 Å². The Morgan fingerprint density at radius 2 is 1.88 bits per heavy atom. The zero-order valence-electron chi connectivity index (χ0n) is 7.82. The van der Waals surface area contributed by atoms with E-state index in [-0.39, 0.29) is 4.77 Å². The number of halogens is 3. The molecule has 0 spiro atoms. The summed E-state index contributed by atoms with van der Waals surface area (Å²) in [5.41, 5.74) is 0.343. The minimum absolute atomic E-state index is 0.0434. The summed E-state index contributed by atoms with van der Waals surface area (Å²) in [7, 11) is 0. The van der Waals surface area contributed by atoms with Gasteiger partial charge in [-0.3, -0.25) is 9.67 Å². The summed E-state index contributed by atoms with van der Waals surface area (Å²) < 4.78 is 39.0. The average Bonchev–Trinajstić information content (AvgIpc) is 2.62. The van der Waals surface area contributed by atoms with E-state index in [4.69, 9.17) is 12.2 Å². The molecule has 2 rings (SSSR count). The lowest BCUT2D eigenvalue weighted by atomic mass is 10.3. The highest BCUT2D eigenvalue weighted by Gasteiger charge is 2.17. The third kappa shape index (κ3) is 1.85. The van der Waals surface area contributed by atoms with Gasteiger partial charge in [0, 0.05) is 0 Å². The van der Waals surface area contributed by atoms with Crippen LogP contribution in [0, 0.1) is 10.6 Å². The maximum Gasteiger partial charge on any atom is 0.297 e. The van der Waals surface area contributed by atoms with Gasteiger partial charge < -0.3 is 0 Å². The van der Waals surface area contributed by atoms with E-state index in [1.165, 1.54) is 24.3 Å². The van der Waals surface area contributed by atoms with Crippen LogP contribution in [-0.4, -0.2) is 14.8 Å². The zero-order valence-corrected chi connectivity index (χ0v) is 8.64. The van der Waals surface area contributed by atoms with Crippen molar-refractivity contribution in [2.24, 2.45) is 0 Å². The molecule has 16 heavy (non-hydrogen) atoms. The topological polar surface area (TPSA) is 33.6 Å². The molecule has 0 saturated heterocycles. The first-order valence-electron chi connectivity index (χ1n) is 4.31. The van der Waals surface area contributed by atoms with Crippen molar-refractivity contribution in [1.82, 2.24) is 14.8 Å². The molecule has 0 radical (unpaired) electrons. The molecule has 0 aliphatic carbocycles. The van der Waals surface area contributed by atoms with Gasteiger partial charge in [0.05, 0.1) is 5.69 Å². The Bertz CT molecular complexity index is 544. The number of benzene rings is 1. The maximum atomic E-state index is 12.7. The first-order chi connectivity index (χ1) is 7.59. The van der Waals surface area contributed by atoms with E-state index in [2.05, 4.69) is 10.2 Å². The van der Waals surface area contributed by atoms with Gasteiger partial charge in [-0.05, 0) is 36.5 Å². The summed E-state index contributed by atoms with van der Waals surface area (Å²) in [5.74, 6) is -0.936. The number of nitrogens with zero attached hydrogens (tertiary/aromatic N) is 2. The zero-order chi connectivity index (χ0) is 11.7. The van der Waals surface area contributed by atoms with E-state index in [1.54, 1.807) is 0 Å². The Hall–Kier alpha value is -1.63. The van der Waals surface area contributed by atoms with Crippen LogP contribution in [0.3, 0.4) is 0 Å². The predicted molar refractivity (Wildman–Crippen MR) is 53.7 cm³/mol. The molecular formula is C9H6F3N3S. The molecule has 7 heteroatoms. The van der Waals surface area contributed by atoms with Crippen LogP contribution in [0.5, 0.6) is 0 Å². The number of hydrogen-bond acceptors (Lipinski definition) is 2. The highest BCUT2D eigenvalue weighted by atomic mass is 32.1. The van der Waals surface area contributed by atoms with Crippen LogP contribution in [0.4, 0.5) is 13.2 Å². The van der Waals surface area contributed by atoms with Crippen LogP contribution in [0.1, 0.15) is 12.2 Å². The number of hydrogen-bond donors (Lipinski definition) is 1. The SMILES string of the molecule is Fc1ccc(-n2c(C(F)F)n[nH]c2=S)cc1. The number of rotatable bonds is 2. The van der Waals surface area contributed by atoms with Crippen molar-refractivity contribution in [3.8, 4) is 5.69 Å². The third-order valence-corrected chi connectivity index (χ3v) is 2.25. The fourth-order valence-corrected chi connectivity index (χ4v) is 1.54. The molecule has 0 aliphatic rings. The van der Waals surface area contributed by atoms with Crippen molar-refractivity contribution in [3.63, 3.8) is 0 Å². The lowest BCUT2D eigenvalue weighted by Gasteiger charge is -2.05. The van der Waals surface area contributed by atoms with Gasteiger partial charge in [-0.1, -0.05) is 0 Å². The molecular weight excluding hydrogens is 239 g/mol. The van der Waals surface area contributed by atoms with Crippen molar-refractivity contribution < 1.29 is 13.2 Å². The van der Waals surface area contributed by atoms with Crippen LogP contribution in [0.25, 0.3) is 5.69 Å². The van der Waals surface area contributed by atoms with Crippen LogP contribution in [0.2, 0.25) is 0 Å². The number of aromatic amines is 1. The molecule has 2 aromatic rings. The number of alkyl halides is 2. The van der Waals surface area contributed by atoms with Crippen molar-refractivity contribution in [1.29, 1.82) is 0 Å². The van der Waals surface area contributed by atoms with Crippen LogP contribution < -0.4 is 0 Å². The van der Waals surface area contributed by atoms with Crippen LogP contribution in [0.15, 0.2) is 24.3 Å². The second-order valence-corrected chi connectivity index (χ2v) is 3.39. The molecule has 0 fully saturated rings. The molecule has 1 N–H and O–H groups in total. The molecule has 1 aromatic carbocycles. The normalized spacial score (nSPS) is 11.0. The van der Waals surface area contributed by atoms with Crippen molar-refractivity contribution in [2.45, 2.75) is 6.43 Å². The summed E-state index contributed by atoms with van der Waals surface area (Å²) in [6.45, 7) is 0. The van der Waals surface area contributed by atoms with E-state index in [0.717, 1.165) is 4.57 Å². The Morgan fingerprint density at radius 3 is 2.44 bits per heavy atom. The minimum Gasteiger partial charge on any atom is -0.267 e. The average molecular weight is 245 g/mol. The standard InChI is InChI=1S/C9H6F3N3S/c10-5-1-3-6(4-2-5)15-8(7(11)12)13-14-9(15)16/h1-4,7H,(H,14,16). The summed E-state index contributed by atoms with van der Waals surface area (Å²) in [4.78, 5) is 0. The van der Waals surface area contributed by atoms with E-state index in [0.29, 0.717) is 5.69 Å². The van der Waals surface area contributed by atoms with Gasteiger partial charge in [0.1, 0.15) is 5.82 Å². The molecule has 3 nitrogen and oxygen atoms in total.